The van der Waals surface area contributed by atoms with E-state index < -0.39 is 0 Å². The molecule has 2 aromatic rings. The van der Waals surface area contributed by atoms with Crippen molar-refractivity contribution >= 4 is 0 Å². The highest BCUT2D eigenvalue weighted by Gasteiger charge is 2.27. The van der Waals surface area contributed by atoms with Gasteiger partial charge in [0.25, 0.3) is 0 Å². The summed E-state index contributed by atoms with van der Waals surface area (Å²) in [5.41, 5.74) is 2.25. The van der Waals surface area contributed by atoms with Gasteiger partial charge in [0.1, 0.15) is 5.82 Å². The van der Waals surface area contributed by atoms with Gasteiger partial charge in [0.2, 0.25) is 0 Å². The van der Waals surface area contributed by atoms with Crippen LogP contribution in [0.3, 0.4) is 0 Å². The van der Waals surface area contributed by atoms with Gasteiger partial charge in [-0.2, -0.15) is 0 Å². The van der Waals surface area contributed by atoms with Crippen molar-refractivity contribution in [1.82, 2.24) is 5.32 Å². The molecule has 1 fully saturated rings. The average molecular weight is 285 g/mol. The second-order valence-electron chi connectivity index (χ2n) is 5.53. The Bertz CT molecular complexity index is 570. The molecule has 0 aliphatic carbocycles. The van der Waals surface area contributed by atoms with E-state index in [1.54, 1.807) is 0 Å². The van der Waals surface area contributed by atoms with Gasteiger partial charge in [-0.25, -0.2) is 4.39 Å². The summed E-state index contributed by atoms with van der Waals surface area (Å²) < 4.78 is 18.8. The minimum atomic E-state index is -0.205. The van der Waals surface area contributed by atoms with Crippen LogP contribution in [-0.2, 0) is 4.74 Å². The molecule has 21 heavy (non-hydrogen) atoms. The van der Waals surface area contributed by atoms with Crippen LogP contribution in [0, 0.1) is 5.82 Å². The first kappa shape index (κ1) is 14.2. The molecule has 0 spiro atoms. The quantitative estimate of drug-likeness (QED) is 0.925. The fourth-order valence-electron chi connectivity index (χ4n) is 2.85. The van der Waals surface area contributed by atoms with Crippen LogP contribution in [0.2, 0.25) is 0 Å². The Morgan fingerprint density at radius 2 is 1.71 bits per heavy atom. The van der Waals surface area contributed by atoms with Gasteiger partial charge in [-0.15, -0.1) is 0 Å². The van der Waals surface area contributed by atoms with Gasteiger partial charge in [-0.3, -0.25) is 0 Å². The number of hydrogen-bond donors (Lipinski definition) is 1. The molecule has 2 nitrogen and oxygen atoms in total. The van der Waals surface area contributed by atoms with Crippen molar-refractivity contribution < 1.29 is 9.13 Å². The zero-order valence-electron chi connectivity index (χ0n) is 12.1. The second-order valence-corrected chi connectivity index (χ2v) is 5.53. The molecule has 3 atom stereocenters. The lowest BCUT2D eigenvalue weighted by atomic mass is 9.97. The number of benzene rings is 2. The highest BCUT2D eigenvalue weighted by Crippen LogP contribution is 2.25. The van der Waals surface area contributed by atoms with E-state index >= 15 is 0 Å². The summed E-state index contributed by atoms with van der Waals surface area (Å²) in [5.74, 6) is -0.205. The summed E-state index contributed by atoms with van der Waals surface area (Å²) in [4.78, 5) is 0. The molecule has 1 heterocycles. The molecule has 0 radical (unpaired) electrons. The van der Waals surface area contributed by atoms with E-state index in [9.17, 15) is 4.39 Å². The molecule has 1 N–H and O–H groups in total. The van der Waals surface area contributed by atoms with Crippen molar-refractivity contribution in [3.8, 4) is 0 Å². The Morgan fingerprint density at radius 1 is 1.05 bits per heavy atom. The summed E-state index contributed by atoms with van der Waals surface area (Å²) in [6.07, 6.45) is 1.21. The molecule has 1 aliphatic heterocycles. The number of nitrogens with one attached hydrogen (secondary N) is 1. The predicted octanol–water partition coefficient (Wildman–Crippen LogP) is 3.68. The van der Waals surface area contributed by atoms with Gasteiger partial charge in [0.05, 0.1) is 12.1 Å². The maximum absolute atomic E-state index is 13.2. The van der Waals surface area contributed by atoms with Crippen LogP contribution < -0.4 is 5.32 Å². The van der Waals surface area contributed by atoms with Crippen molar-refractivity contribution in [3.63, 3.8) is 0 Å². The highest BCUT2D eigenvalue weighted by molar-refractivity contribution is 5.32. The maximum atomic E-state index is 13.2. The fourth-order valence-corrected chi connectivity index (χ4v) is 2.85. The van der Waals surface area contributed by atoms with Crippen LogP contribution in [0.5, 0.6) is 0 Å². The molecule has 1 aliphatic rings. The molecule has 0 aromatic heterocycles. The Hall–Kier alpha value is -1.71. The molecule has 3 heteroatoms. The number of ether oxygens (including phenoxy) is 1. The van der Waals surface area contributed by atoms with Crippen LogP contribution in [0.1, 0.15) is 30.5 Å². The molecule has 3 unspecified atom stereocenters. The predicted molar refractivity (Wildman–Crippen MR) is 81.6 cm³/mol. The van der Waals surface area contributed by atoms with Gasteiger partial charge in [0, 0.05) is 12.6 Å². The molecular formula is C18H20FNO. The number of halogens is 1. The topological polar surface area (TPSA) is 21.3 Å². The van der Waals surface area contributed by atoms with E-state index in [0.717, 1.165) is 18.6 Å². The zero-order chi connectivity index (χ0) is 14.7. The Labute approximate surface area is 125 Å². The Balaban J connectivity index is 1.89. The first-order valence-corrected chi connectivity index (χ1v) is 7.42. The lowest BCUT2D eigenvalue weighted by Gasteiger charge is -2.25. The third-order valence-corrected chi connectivity index (χ3v) is 4.09. The fraction of sp³-hybridized carbons (Fsp3) is 0.333. The average Bonchev–Trinajstić information content (AvgIpc) is 2.92. The molecular weight excluding hydrogens is 265 g/mol. The largest absolute Gasteiger partial charge is 0.377 e. The molecule has 2 aromatic carbocycles. The lowest BCUT2D eigenvalue weighted by Crippen LogP contribution is -2.38. The van der Waals surface area contributed by atoms with E-state index in [4.69, 9.17) is 4.74 Å². The lowest BCUT2D eigenvalue weighted by molar-refractivity contribution is 0.112. The summed E-state index contributed by atoms with van der Waals surface area (Å²) in [7, 11) is 0. The molecule has 0 amide bonds. The number of hydrogen-bond acceptors (Lipinski definition) is 2. The normalized spacial score (nSPS) is 23.1. The van der Waals surface area contributed by atoms with Gasteiger partial charge < -0.3 is 10.1 Å². The van der Waals surface area contributed by atoms with Gasteiger partial charge in [-0.1, -0.05) is 42.5 Å². The minimum Gasteiger partial charge on any atom is -0.377 e. The SMILES string of the molecule is CC1OCCC1NC(c1ccccc1)c1ccc(F)cc1. The molecule has 0 bridgehead atoms. The van der Waals surface area contributed by atoms with Gasteiger partial charge in [0.15, 0.2) is 0 Å². The summed E-state index contributed by atoms with van der Waals surface area (Å²) in [5, 5.41) is 3.67. The van der Waals surface area contributed by atoms with Crippen LogP contribution in [0.25, 0.3) is 0 Å². The summed E-state index contributed by atoms with van der Waals surface area (Å²) in [6.45, 7) is 2.89. The van der Waals surface area contributed by atoms with E-state index in [2.05, 4.69) is 24.4 Å². The third kappa shape index (κ3) is 3.31. The first-order chi connectivity index (χ1) is 10.2. The smallest absolute Gasteiger partial charge is 0.123 e. The van der Waals surface area contributed by atoms with Crippen molar-refractivity contribution in [2.24, 2.45) is 0 Å². The van der Waals surface area contributed by atoms with Crippen molar-refractivity contribution in [1.29, 1.82) is 0 Å². The second kappa shape index (κ2) is 6.37. The Morgan fingerprint density at radius 3 is 2.33 bits per heavy atom. The molecule has 0 saturated carbocycles. The standard InChI is InChI=1S/C18H20FNO/c1-13-17(11-12-21-13)20-18(14-5-3-2-4-6-14)15-7-9-16(19)10-8-15/h2-10,13,17-18,20H,11-12H2,1H3. The van der Waals surface area contributed by atoms with Crippen LogP contribution in [-0.4, -0.2) is 18.8 Å². The van der Waals surface area contributed by atoms with Gasteiger partial charge in [-0.05, 0) is 36.6 Å². The Kier molecular flexibility index (Phi) is 4.32. The molecule has 3 rings (SSSR count). The van der Waals surface area contributed by atoms with Crippen LogP contribution in [0.15, 0.2) is 54.6 Å². The van der Waals surface area contributed by atoms with Crippen LogP contribution >= 0.6 is 0 Å². The zero-order valence-corrected chi connectivity index (χ0v) is 12.1. The van der Waals surface area contributed by atoms with Gasteiger partial charge >= 0.3 is 0 Å². The van der Waals surface area contributed by atoms with Crippen molar-refractivity contribution in [3.05, 3.63) is 71.5 Å². The van der Waals surface area contributed by atoms with Crippen molar-refractivity contribution in [2.45, 2.75) is 31.5 Å². The maximum Gasteiger partial charge on any atom is 0.123 e. The monoisotopic (exact) mass is 285 g/mol. The third-order valence-electron chi connectivity index (χ3n) is 4.09. The molecule has 110 valence electrons. The van der Waals surface area contributed by atoms with Crippen LogP contribution in [0.4, 0.5) is 4.39 Å². The molecule has 1 saturated heterocycles. The number of rotatable bonds is 4. The minimum absolute atomic E-state index is 0.0564. The van der Waals surface area contributed by atoms with E-state index in [1.165, 1.54) is 17.7 Å². The first-order valence-electron chi connectivity index (χ1n) is 7.42. The van der Waals surface area contributed by atoms with E-state index in [0.29, 0.717) is 6.04 Å². The van der Waals surface area contributed by atoms with Crippen molar-refractivity contribution in [2.75, 3.05) is 6.61 Å². The summed E-state index contributed by atoms with van der Waals surface area (Å²) >= 11 is 0. The summed E-state index contributed by atoms with van der Waals surface area (Å²) in [6, 6.07) is 17.4. The van der Waals surface area contributed by atoms with E-state index in [-0.39, 0.29) is 18.0 Å². The van der Waals surface area contributed by atoms with E-state index in [1.807, 2.05) is 30.3 Å². The highest BCUT2D eigenvalue weighted by atomic mass is 19.1.